The first-order valence-electron chi connectivity index (χ1n) is 5.92. The van der Waals surface area contributed by atoms with Crippen molar-refractivity contribution in [1.82, 2.24) is 5.32 Å². The molecule has 0 aliphatic heterocycles. The van der Waals surface area contributed by atoms with E-state index in [4.69, 9.17) is 23.2 Å². The zero-order valence-electron chi connectivity index (χ0n) is 10.7. The molecule has 100 valence electrons. The Hall–Kier alpha value is -1.09. The van der Waals surface area contributed by atoms with Crippen LogP contribution in [0.25, 0.3) is 0 Å². The first kappa shape index (κ1) is 14.3. The van der Waals surface area contributed by atoms with Gasteiger partial charge < -0.3 is 5.32 Å². The third kappa shape index (κ3) is 2.92. The quantitative estimate of drug-likeness (QED) is 0.862. The molecule has 2 rings (SSSR count). The van der Waals surface area contributed by atoms with E-state index < -0.39 is 0 Å². The van der Waals surface area contributed by atoms with Gasteiger partial charge in [0.15, 0.2) is 0 Å². The van der Waals surface area contributed by atoms with Crippen molar-refractivity contribution in [1.29, 1.82) is 0 Å². The molecular formula is C15H14Cl2FN. The van der Waals surface area contributed by atoms with Crippen LogP contribution in [0, 0.1) is 12.7 Å². The first-order valence-corrected chi connectivity index (χ1v) is 6.67. The second-order valence-corrected chi connectivity index (χ2v) is 5.18. The summed E-state index contributed by atoms with van der Waals surface area (Å²) in [5, 5.41) is 4.13. The van der Waals surface area contributed by atoms with Crippen LogP contribution in [0.15, 0.2) is 36.4 Å². The van der Waals surface area contributed by atoms with E-state index in [9.17, 15) is 4.39 Å². The molecule has 0 aliphatic rings. The summed E-state index contributed by atoms with van der Waals surface area (Å²) in [4.78, 5) is 0. The lowest BCUT2D eigenvalue weighted by molar-refractivity contribution is 0.576. The van der Waals surface area contributed by atoms with Crippen molar-refractivity contribution in [3.8, 4) is 0 Å². The molecule has 0 saturated heterocycles. The Morgan fingerprint density at radius 2 is 1.84 bits per heavy atom. The lowest BCUT2D eigenvalue weighted by atomic mass is 9.97. The van der Waals surface area contributed by atoms with Gasteiger partial charge in [-0.05, 0) is 37.2 Å². The molecule has 0 aliphatic carbocycles. The summed E-state index contributed by atoms with van der Waals surface area (Å²) in [5.74, 6) is -0.343. The van der Waals surface area contributed by atoms with Crippen molar-refractivity contribution >= 4 is 23.2 Å². The molecule has 0 spiro atoms. The molecule has 1 unspecified atom stereocenters. The zero-order chi connectivity index (χ0) is 14.0. The smallest absolute Gasteiger partial charge is 0.129 e. The van der Waals surface area contributed by atoms with Gasteiger partial charge in [-0.2, -0.15) is 0 Å². The average molecular weight is 298 g/mol. The fourth-order valence-corrected chi connectivity index (χ4v) is 2.50. The molecule has 0 aromatic heterocycles. The summed E-state index contributed by atoms with van der Waals surface area (Å²) < 4.78 is 14.0. The van der Waals surface area contributed by atoms with Crippen LogP contribution in [-0.2, 0) is 0 Å². The van der Waals surface area contributed by atoms with Crippen molar-refractivity contribution in [3.63, 3.8) is 0 Å². The molecule has 0 fully saturated rings. The lowest BCUT2D eigenvalue weighted by Gasteiger charge is -2.20. The van der Waals surface area contributed by atoms with Crippen LogP contribution in [0.2, 0.25) is 10.0 Å². The van der Waals surface area contributed by atoms with Gasteiger partial charge in [0, 0.05) is 15.6 Å². The van der Waals surface area contributed by atoms with Gasteiger partial charge in [-0.3, -0.25) is 0 Å². The third-order valence-electron chi connectivity index (χ3n) is 3.09. The van der Waals surface area contributed by atoms with E-state index in [1.807, 2.05) is 25.1 Å². The van der Waals surface area contributed by atoms with E-state index in [-0.39, 0.29) is 11.9 Å². The van der Waals surface area contributed by atoms with Crippen molar-refractivity contribution in [2.75, 3.05) is 7.05 Å². The minimum atomic E-state index is -0.343. The van der Waals surface area contributed by atoms with E-state index in [1.54, 1.807) is 19.2 Å². The fourth-order valence-electron chi connectivity index (χ4n) is 2.11. The highest BCUT2D eigenvalue weighted by molar-refractivity contribution is 6.32. The second-order valence-electron chi connectivity index (χ2n) is 4.37. The molecular weight excluding hydrogens is 284 g/mol. The topological polar surface area (TPSA) is 12.0 Å². The van der Waals surface area contributed by atoms with Gasteiger partial charge in [-0.25, -0.2) is 4.39 Å². The Kier molecular flexibility index (Phi) is 4.46. The highest BCUT2D eigenvalue weighted by Crippen LogP contribution is 2.32. The summed E-state index contributed by atoms with van der Waals surface area (Å²) in [6, 6.07) is 10.1. The van der Waals surface area contributed by atoms with E-state index in [0.29, 0.717) is 15.6 Å². The number of halogens is 3. The van der Waals surface area contributed by atoms with Crippen LogP contribution in [0.5, 0.6) is 0 Å². The maximum atomic E-state index is 14.0. The predicted molar refractivity (Wildman–Crippen MR) is 78.5 cm³/mol. The number of hydrogen-bond donors (Lipinski definition) is 1. The van der Waals surface area contributed by atoms with Crippen LogP contribution in [0.1, 0.15) is 22.7 Å². The Bertz CT molecular complexity index is 599. The predicted octanol–water partition coefficient (Wildman–Crippen LogP) is 4.75. The molecule has 19 heavy (non-hydrogen) atoms. The fraction of sp³-hybridized carbons (Fsp3) is 0.200. The number of nitrogens with one attached hydrogen (secondary N) is 1. The summed E-state index contributed by atoms with van der Waals surface area (Å²) in [5.41, 5.74) is 2.35. The summed E-state index contributed by atoms with van der Waals surface area (Å²) in [6.07, 6.45) is 0. The molecule has 2 aromatic carbocycles. The van der Waals surface area contributed by atoms with Crippen LogP contribution in [0.4, 0.5) is 4.39 Å². The van der Waals surface area contributed by atoms with Gasteiger partial charge in [0.05, 0.1) is 6.04 Å². The molecule has 0 radical (unpaired) electrons. The van der Waals surface area contributed by atoms with Crippen molar-refractivity contribution in [2.24, 2.45) is 0 Å². The van der Waals surface area contributed by atoms with Gasteiger partial charge >= 0.3 is 0 Å². The van der Waals surface area contributed by atoms with Crippen LogP contribution in [-0.4, -0.2) is 7.05 Å². The maximum absolute atomic E-state index is 14.0. The van der Waals surface area contributed by atoms with Crippen LogP contribution >= 0.6 is 23.2 Å². The monoisotopic (exact) mass is 297 g/mol. The largest absolute Gasteiger partial charge is 0.309 e. The lowest BCUT2D eigenvalue weighted by Crippen LogP contribution is -2.19. The van der Waals surface area contributed by atoms with Gasteiger partial charge in [-0.1, -0.05) is 47.5 Å². The minimum absolute atomic E-state index is 0.301. The number of aryl methyl sites for hydroxylation is 1. The van der Waals surface area contributed by atoms with Gasteiger partial charge in [-0.15, -0.1) is 0 Å². The van der Waals surface area contributed by atoms with E-state index in [1.165, 1.54) is 6.07 Å². The molecule has 1 N–H and O–H groups in total. The zero-order valence-corrected chi connectivity index (χ0v) is 12.2. The Labute approximate surface area is 122 Å². The van der Waals surface area contributed by atoms with E-state index in [2.05, 4.69) is 5.32 Å². The van der Waals surface area contributed by atoms with Gasteiger partial charge in [0.2, 0.25) is 0 Å². The SMILES string of the molecule is CNC(c1ccc(Cl)cc1F)c1cccc(C)c1Cl. The average Bonchev–Trinajstić information content (AvgIpc) is 2.37. The summed E-state index contributed by atoms with van der Waals surface area (Å²) >= 11 is 12.1. The molecule has 0 saturated carbocycles. The molecule has 0 amide bonds. The van der Waals surface area contributed by atoms with E-state index in [0.717, 1.165) is 11.1 Å². The Morgan fingerprint density at radius 3 is 2.47 bits per heavy atom. The second kappa shape index (κ2) is 5.91. The van der Waals surface area contributed by atoms with Crippen molar-refractivity contribution in [2.45, 2.75) is 13.0 Å². The van der Waals surface area contributed by atoms with Crippen molar-refractivity contribution < 1.29 is 4.39 Å². The summed E-state index contributed by atoms with van der Waals surface area (Å²) in [6.45, 7) is 1.93. The van der Waals surface area contributed by atoms with Crippen LogP contribution in [0.3, 0.4) is 0 Å². The highest BCUT2D eigenvalue weighted by Gasteiger charge is 2.19. The molecule has 2 aromatic rings. The Morgan fingerprint density at radius 1 is 1.11 bits per heavy atom. The van der Waals surface area contributed by atoms with E-state index >= 15 is 0 Å². The summed E-state index contributed by atoms with van der Waals surface area (Å²) in [7, 11) is 1.78. The molecule has 4 heteroatoms. The number of benzene rings is 2. The maximum Gasteiger partial charge on any atom is 0.129 e. The van der Waals surface area contributed by atoms with Crippen molar-refractivity contribution in [3.05, 3.63) is 69.0 Å². The highest BCUT2D eigenvalue weighted by atomic mass is 35.5. The standard InChI is InChI=1S/C15H14Cl2FN/c1-9-4-3-5-12(14(9)17)15(19-2)11-7-6-10(16)8-13(11)18/h3-8,15,19H,1-2H3. The molecule has 0 bridgehead atoms. The van der Waals surface area contributed by atoms with Gasteiger partial charge in [0.25, 0.3) is 0 Å². The van der Waals surface area contributed by atoms with Crippen LogP contribution < -0.4 is 5.32 Å². The third-order valence-corrected chi connectivity index (χ3v) is 3.85. The Balaban J connectivity index is 2.53. The molecule has 0 heterocycles. The minimum Gasteiger partial charge on any atom is -0.309 e. The number of rotatable bonds is 3. The molecule has 1 nitrogen and oxygen atoms in total. The van der Waals surface area contributed by atoms with Gasteiger partial charge in [0.1, 0.15) is 5.82 Å². The first-order chi connectivity index (χ1) is 9.04. The molecule has 1 atom stereocenters. The normalized spacial score (nSPS) is 12.5. The number of hydrogen-bond acceptors (Lipinski definition) is 1.